The Bertz CT molecular complexity index is 1020. The van der Waals surface area contributed by atoms with Gasteiger partial charge in [-0.05, 0) is 61.2 Å². The molecule has 0 atom stereocenters. The molecule has 34 heavy (non-hydrogen) atoms. The van der Waals surface area contributed by atoms with Gasteiger partial charge in [0.15, 0.2) is 0 Å². The molecule has 1 aromatic carbocycles. The molecule has 0 aliphatic heterocycles. The first kappa shape index (κ1) is 25.3. The van der Waals surface area contributed by atoms with Crippen molar-refractivity contribution in [1.29, 1.82) is 0 Å². The number of rotatable bonds is 13. The second kappa shape index (κ2) is 12.8. The van der Waals surface area contributed by atoms with Crippen molar-refractivity contribution in [2.45, 2.75) is 59.0 Å². The van der Waals surface area contributed by atoms with Crippen LogP contribution in [0.1, 0.15) is 66.9 Å². The van der Waals surface area contributed by atoms with Gasteiger partial charge in [-0.15, -0.1) is 0 Å². The SMILES string of the molecule is CCCCc1ccc(C(=O)N(CCCC)CC(=O)N(Cc2ccco2)Cc2cccn2C)cc1. The molecular formula is C28H37N3O3. The molecule has 0 unspecified atom stereocenters. The Hall–Kier alpha value is -3.28. The Kier molecular flexibility index (Phi) is 9.56. The maximum atomic E-state index is 13.5. The Morgan fingerprint density at radius 3 is 2.29 bits per heavy atom. The van der Waals surface area contributed by atoms with Gasteiger partial charge in [0, 0.05) is 31.0 Å². The number of hydrogen-bond donors (Lipinski definition) is 0. The van der Waals surface area contributed by atoms with E-state index < -0.39 is 0 Å². The first-order chi connectivity index (χ1) is 16.5. The topological polar surface area (TPSA) is 58.7 Å². The quantitative estimate of drug-likeness (QED) is 0.339. The maximum absolute atomic E-state index is 13.5. The number of amides is 2. The molecule has 0 bridgehead atoms. The summed E-state index contributed by atoms with van der Waals surface area (Å²) in [5.74, 6) is 0.527. The number of aryl methyl sites for hydroxylation is 2. The van der Waals surface area contributed by atoms with Crippen LogP contribution < -0.4 is 0 Å². The van der Waals surface area contributed by atoms with E-state index in [2.05, 4.69) is 13.8 Å². The molecule has 6 nitrogen and oxygen atoms in total. The van der Waals surface area contributed by atoms with E-state index in [9.17, 15) is 9.59 Å². The van der Waals surface area contributed by atoms with Crippen molar-refractivity contribution < 1.29 is 14.0 Å². The van der Waals surface area contributed by atoms with Gasteiger partial charge in [0.1, 0.15) is 12.3 Å². The highest BCUT2D eigenvalue weighted by atomic mass is 16.3. The number of furan rings is 1. The third-order valence-electron chi connectivity index (χ3n) is 6.10. The standard InChI is InChI=1S/C28H37N3O3/c1-4-6-10-23-13-15-24(16-14-23)28(33)30(18-7-5-2)22-27(32)31(21-26-12-9-19-34-26)20-25-11-8-17-29(25)3/h8-9,11-17,19H,4-7,10,18,20-22H2,1-3H3. The van der Waals surface area contributed by atoms with Crippen LogP contribution in [0.2, 0.25) is 0 Å². The number of aromatic nitrogens is 1. The molecule has 0 fully saturated rings. The van der Waals surface area contributed by atoms with Crippen LogP contribution in [0.5, 0.6) is 0 Å². The van der Waals surface area contributed by atoms with Crippen LogP contribution in [0.3, 0.4) is 0 Å². The minimum Gasteiger partial charge on any atom is -0.467 e. The highest BCUT2D eigenvalue weighted by Gasteiger charge is 2.23. The summed E-state index contributed by atoms with van der Waals surface area (Å²) >= 11 is 0. The van der Waals surface area contributed by atoms with E-state index in [0.717, 1.165) is 43.6 Å². The van der Waals surface area contributed by atoms with Gasteiger partial charge in [-0.2, -0.15) is 0 Å². The molecule has 0 N–H and O–H groups in total. The van der Waals surface area contributed by atoms with Gasteiger partial charge in [0.2, 0.25) is 5.91 Å². The van der Waals surface area contributed by atoms with Gasteiger partial charge < -0.3 is 18.8 Å². The van der Waals surface area contributed by atoms with E-state index in [0.29, 0.717) is 25.2 Å². The third kappa shape index (κ3) is 7.11. The van der Waals surface area contributed by atoms with Gasteiger partial charge in [0.05, 0.1) is 19.4 Å². The predicted molar refractivity (Wildman–Crippen MR) is 134 cm³/mol. The first-order valence-corrected chi connectivity index (χ1v) is 12.3. The van der Waals surface area contributed by atoms with Gasteiger partial charge in [-0.25, -0.2) is 0 Å². The lowest BCUT2D eigenvalue weighted by molar-refractivity contribution is -0.133. The van der Waals surface area contributed by atoms with Gasteiger partial charge in [-0.3, -0.25) is 9.59 Å². The normalized spacial score (nSPS) is 10.9. The molecule has 3 rings (SSSR count). The molecule has 0 saturated heterocycles. The third-order valence-corrected chi connectivity index (χ3v) is 6.10. The molecule has 182 valence electrons. The second-order valence-electron chi connectivity index (χ2n) is 8.82. The minimum absolute atomic E-state index is 0.0432. The molecule has 6 heteroatoms. The van der Waals surface area contributed by atoms with Crippen LogP contribution in [-0.4, -0.2) is 39.3 Å². The van der Waals surface area contributed by atoms with Crippen LogP contribution in [0.25, 0.3) is 0 Å². The van der Waals surface area contributed by atoms with Crippen molar-refractivity contribution in [2.75, 3.05) is 13.1 Å². The summed E-state index contributed by atoms with van der Waals surface area (Å²) in [4.78, 5) is 30.3. The molecule has 2 heterocycles. The molecular weight excluding hydrogens is 426 g/mol. The zero-order chi connectivity index (χ0) is 24.3. The zero-order valence-electron chi connectivity index (χ0n) is 20.7. The summed E-state index contributed by atoms with van der Waals surface area (Å²) in [5, 5.41) is 0. The molecule has 0 radical (unpaired) electrons. The highest BCUT2D eigenvalue weighted by Crippen LogP contribution is 2.15. The number of benzene rings is 1. The van der Waals surface area contributed by atoms with E-state index in [1.54, 1.807) is 16.1 Å². The Morgan fingerprint density at radius 1 is 0.912 bits per heavy atom. The van der Waals surface area contributed by atoms with Crippen molar-refractivity contribution >= 4 is 11.8 Å². The second-order valence-corrected chi connectivity index (χ2v) is 8.82. The Labute approximate surface area is 203 Å². The molecule has 2 aromatic heterocycles. The van der Waals surface area contributed by atoms with E-state index in [4.69, 9.17) is 4.42 Å². The van der Waals surface area contributed by atoms with Crippen molar-refractivity contribution in [2.24, 2.45) is 7.05 Å². The number of hydrogen-bond acceptors (Lipinski definition) is 3. The molecule has 0 aliphatic rings. The first-order valence-electron chi connectivity index (χ1n) is 12.3. The minimum atomic E-state index is -0.0966. The fourth-order valence-electron chi connectivity index (χ4n) is 3.92. The summed E-state index contributed by atoms with van der Waals surface area (Å²) in [6.07, 6.45) is 8.68. The van der Waals surface area contributed by atoms with Gasteiger partial charge in [-0.1, -0.05) is 38.8 Å². The van der Waals surface area contributed by atoms with Crippen LogP contribution in [0, 0.1) is 0 Å². The number of carbonyl (C=O) groups is 2. The summed E-state index contributed by atoms with van der Waals surface area (Å²) in [6, 6.07) is 15.5. The van der Waals surface area contributed by atoms with Crippen LogP contribution in [0.4, 0.5) is 0 Å². The average Bonchev–Trinajstić information content (AvgIpc) is 3.51. The molecule has 3 aromatic rings. The van der Waals surface area contributed by atoms with Crippen LogP contribution in [0.15, 0.2) is 65.4 Å². The Balaban J connectivity index is 1.75. The number of unbranched alkanes of at least 4 members (excludes halogenated alkanes) is 2. The number of carbonyl (C=O) groups excluding carboxylic acids is 2. The predicted octanol–water partition coefficient (Wildman–Crippen LogP) is 5.43. The van der Waals surface area contributed by atoms with Crippen LogP contribution in [-0.2, 0) is 31.4 Å². The lowest BCUT2D eigenvalue weighted by Crippen LogP contribution is -2.43. The maximum Gasteiger partial charge on any atom is 0.254 e. The average molecular weight is 464 g/mol. The number of nitrogens with zero attached hydrogens (tertiary/aromatic N) is 3. The molecule has 0 saturated carbocycles. The molecule has 0 spiro atoms. The van der Waals surface area contributed by atoms with E-state index in [1.807, 2.05) is 66.3 Å². The van der Waals surface area contributed by atoms with Crippen molar-refractivity contribution in [3.8, 4) is 0 Å². The molecule has 2 amide bonds. The fourth-order valence-corrected chi connectivity index (χ4v) is 3.92. The van der Waals surface area contributed by atoms with E-state index in [1.165, 1.54) is 5.56 Å². The van der Waals surface area contributed by atoms with Crippen molar-refractivity contribution in [1.82, 2.24) is 14.4 Å². The van der Waals surface area contributed by atoms with Gasteiger partial charge >= 0.3 is 0 Å². The van der Waals surface area contributed by atoms with E-state index >= 15 is 0 Å². The zero-order valence-corrected chi connectivity index (χ0v) is 20.7. The highest BCUT2D eigenvalue weighted by molar-refractivity contribution is 5.96. The largest absolute Gasteiger partial charge is 0.467 e. The van der Waals surface area contributed by atoms with Crippen molar-refractivity contribution in [3.05, 3.63) is 83.6 Å². The summed E-state index contributed by atoms with van der Waals surface area (Å²) in [5.41, 5.74) is 2.89. The Morgan fingerprint density at radius 2 is 1.68 bits per heavy atom. The van der Waals surface area contributed by atoms with Crippen LogP contribution >= 0.6 is 0 Å². The summed E-state index contributed by atoms with van der Waals surface area (Å²) < 4.78 is 7.51. The fraction of sp³-hybridized carbons (Fsp3) is 0.429. The summed E-state index contributed by atoms with van der Waals surface area (Å²) in [6.45, 7) is 5.67. The lowest BCUT2D eigenvalue weighted by Gasteiger charge is -2.27. The molecule has 0 aliphatic carbocycles. The van der Waals surface area contributed by atoms with E-state index in [-0.39, 0.29) is 18.4 Å². The van der Waals surface area contributed by atoms with Crippen molar-refractivity contribution in [3.63, 3.8) is 0 Å². The lowest BCUT2D eigenvalue weighted by atomic mass is 10.1. The summed E-state index contributed by atoms with van der Waals surface area (Å²) in [7, 11) is 1.96. The van der Waals surface area contributed by atoms with Gasteiger partial charge in [0.25, 0.3) is 5.91 Å². The smallest absolute Gasteiger partial charge is 0.254 e. The monoisotopic (exact) mass is 463 g/mol.